The summed E-state index contributed by atoms with van der Waals surface area (Å²) in [4.78, 5) is 58.1. The third kappa shape index (κ3) is 7.05. The second-order valence-corrected chi connectivity index (χ2v) is 6.07. The van der Waals surface area contributed by atoms with E-state index in [1.165, 1.54) is 0 Å². The summed E-state index contributed by atoms with van der Waals surface area (Å²) in [6.07, 6.45) is 1.22. The third-order valence-corrected chi connectivity index (χ3v) is 3.91. The molecule has 1 rings (SSSR count). The van der Waals surface area contributed by atoms with Crippen LogP contribution in [0.4, 0.5) is 0 Å². The fraction of sp³-hybridized carbons (Fsp3) is 0.667. The molecule has 4 amide bonds. The molecule has 0 saturated carbocycles. The number of carbonyl (C=O) groups is 5. The zero-order valence-corrected chi connectivity index (χ0v) is 14.3. The second-order valence-electron chi connectivity index (χ2n) is 6.07. The van der Waals surface area contributed by atoms with Gasteiger partial charge < -0.3 is 32.5 Å². The maximum absolute atomic E-state index is 12.3. The Morgan fingerprint density at radius 1 is 1.19 bits per heavy atom. The minimum Gasteiger partial charge on any atom is -0.480 e. The summed E-state index contributed by atoms with van der Waals surface area (Å²) >= 11 is 0. The quantitative estimate of drug-likeness (QED) is 0.213. The molecule has 0 aliphatic carbocycles. The molecule has 0 aromatic carbocycles. The van der Waals surface area contributed by atoms with Crippen molar-refractivity contribution in [3.05, 3.63) is 0 Å². The summed E-state index contributed by atoms with van der Waals surface area (Å²) in [7, 11) is 0. The summed E-state index contributed by atoms with van der Waals surface area (Å²) in [6, 6.07) is -3.30. The molecule has 11 nitrogen and oxygen atoms in total. The van der Waals surface area contributed by atoms with Gasteiger partial charge in [0.25, 0.3) is 0 Å². The largest absolute Gasteiger partial charge is 0.480 e. The highest BCUT2D eigenvalue weighted by Crippen LogP contribution is 2.08. The van der Waals surface area contributed by atoms with Gasteiger partial charge in [-0.05, 0) is 32.2 Å². The lowest BCUT2D eigenvalue weighted by Gasteiger charge is -2.22. The van der Waals surface area contributed by atoms with Gasteiger partial charge >= 0.3 is 5.97 Å². The molecule has 8 N–H and O–H groups in total. The van der Waals surface area contributed by atoms with Gasteiger partial charge in [0.15, 0.2) is 0 Å². The van der Waals surface area contributed by atoms with Crippen LogP contribution < -0.4 is 27.4 Å². The minimum atomic E-state index is -1.33. The van der Waals surface area contributed by atoms with Gasteiger partial charge in [-0.2, -0.15) is 0 Å². The maximum atomic E-state index is 12.3. The van der Waals surface area contributed by atoms with Crippen LogP contribution in [0.1, 0.15) is 38.5 Å². The Kier molecular flexibility index (Phi) is 8.49. The number of hydrogen-bond donors (Lipinski definition) is 6. The lowest BCUT2D eigenvalue weighted by molar-refractivity contribution is -0.142. The highest BCUT2D eigenvalue weighted by atomic mass is 16.4. The molecule has 1 aliphatic heterocycles. The van der Waals surface area contributed by atoms with Gasteiger partial charge in [0, 0.05) is 6.42 Å². The summed E-state index contributed by atoms with van der Waals surface area (Å²) in [5.74, 6) is -3.82. The van der Waals surface area contributed by atoms with Gasteiger partial charge in [0.2, 0.25) is 23.6 Å². The van der Waals surface area contributed by atoms with Crippen LogP contribution in [-0.4, -0.2) is 59.4 Å². The highest BCUT2D eigenvalue weighted by Gasteiger charge is 2.32. The van der Waals surface area contributed by atoms with Crippen LogP contribution in [0.25, 0.3) is 0 Å². The van der Waals surface area contributed by atoms with Crippen LogP contribution in [0.5, 0.6) is 0 Å². The molecule has 0 aromatic heterocycles. The van der Waals surface area contributed by atoms with Gasteiger partial charge in [-0.15, -0.1) is 0 Å². The van der Waals surface area contributed by atoms with Crippen molar-refractivity contribution >= 4 is 29.6 Å². The Hall–Kier alpha value is -2.69. The summed E-state index contributed by atoms with van der Waals surface area (Å²) in [5.41, 5.74) is 10.5. The molecule has 0 radical (unpaired) electrons. The number of carboxylic acids is 1. The average Bonchev–Trinajstić information content (AvgIpc) is 2.99. The van der Waals surface area contributed by atoms with Gasteiger partial charge in [0.1, 0.15) is 18.1 Å². The Balaban J connectivity index is 2.71. The van der Waals surface area contributed by atoms with Gasteiger partial charge in [-0.3, -0.25) is 19.2 Å². The molecule has 1 aliphatic rings. The normalized spacial score (nSPS) is 18.5. The molecule has 0 spiro atoms. The fourth-order valence-corrected chi connectivity index (χ4v) is 2.52. The van der Waals surface area contributed by atoms with Crippen LogP contribution >= 0.6 is 0 Å². The number of carbonyl (C=O) groups excluding carboxylic acids is 4. The predicted octanol–water partition coefficient (Wildman–Crippen LogP) is -2.68. The van der Waals surface area contributed by atoms with Crippen molar-refractivity contribution < 1.29 is 29.1 Å². The number of carboxylic acid groups (broad SMARTS) is 1. The monoisotopic (exact) mass is 371 g/mol. The molecule has 3 unspecified atom stereocenters. The molecule has 0 bridgehead atoms. The number of primary amides is 1. The van der Waals surface area contributed by atoms with E-state index in [1.807, 2.05) is 0 Å². The first-order valence-electron chi connectivity index (χ1n) is 8.36. The van der Waals surface area contributed by atoms with Gasteiger partial charge in [-0.25, -0.2) is 4.79 Å². The van der Waals surface area contributed by atoms with E-state index in [0.717, 1.165) is 0 Å². The number of hydrogen-bond acceptors (Lipinski definition) is 6. The molecular weight excluding hydrogens is 346 g/mol. The Morgan fingerprint density at radius 3 is 2.38 bits per heavy atom. The van der Waals surface area contributed by atoms with Gasteiger partial charge in [-0.1, -0.05) is 0 Å². The van der Waals surface area contributed by atoms with Crippen molar-refractivity contribution in [3.8, 4) is 0 Å². The molecule has 26 heavy (non-hydrogen) atoms. The molecule has 1 heterocycles. The van der Waals surface area contributed by atoms with Crippen LogP contribution in [-0.2, 0) is 24.0 Å². The van der Waals surface area contributed by atoms with Crippen molar-refractivity contribution in [2.75, 3.05) is 6.54 Å². The smallest absolute Gasteiger partial charge is 0.326 e. The van der Waals surface area contributed by atoms with Crippen molar-refractivity contribution in [1.29, 1.82) is 0 Å². The zero-order valence-electron chi connectivity index (χ0n) is 14.3. The number of unbranched alkanes of at least 4 members (excludes halogenated alkanes) is 1. The van der Waals surface area contributed by atoms with E-state index in [2.05, 4.69) is 16.0 Å². The van der Waals surface area contributed by atoms with E-state index >= 15 is 0 Å². The molecule has 1 fully saturated rings. The molecule has 3 atom stereocenters. The zero-order chi connectivity index (χ0) is 19.7. The molecule has 146 valence electrons. The molecule has 11 heteroatoms. The van der Waals surface area contributed by atoms with Crippen LogP contribution in [0.2, 0.25) is 0 Å². The van der Waals surface area contributed by atoms with Crippen molar-refractivity contribution in [2.45, 2.75) is 56.7 Å². The predicted molar refractivity (Wildman–Crippen MR) is 89.4 cm³/mol. The average molecular weight is 371 g/mol. The second kappa shape index (κ2) is 10.3. The fourth-order valence-electron chi connectivity index (χ4n) is 2.52. The molecular formula is C15H25N5O6. The Labute approximate surface area is 150 Å². The van der Waals surface area contributed by atoms with E-state index in [9.17, 15) is 29.1 Å². The SMILES string of the molecule is NCCCCC(NC(=O)C(CC(N)=O)NC(=O)C1CCC(=O)N1)C(=O)O. The van der Waals surface area contributed by atoms with E-state index in [1.54, 1.807) is 0 Å². The summed E-state index contributed by atoms with van der Waals surface area (Å²) in [6.45, 7) is 0.397. The van der Waals surface area contributed by atoms with Gasteiger partial charge in [0.05, 0.1) is 6.42 Å². The number of nitrogens with one attached hydrogen (secondary N) is 3. The summed E-state index contributed by atoms with van der Waals surface area (Å²) in [5, 5.41) is 16.3. The van der Waals surface area contributed by atoms with E-state index in [-0.39, 0.29) is 25.2 Å². The summed E-state index contributed by atoms with van der Waals surface area (Å²) < 4.78 is 0. The first kappa shape index (κ1) is 21.4. The van der Waals surface area contributed by atoms with Crippen LogP contribution in [0.15, 0.2) is 0 Å². The maximum Gasteiger partial charge on any atom is 0.326 e. The standard InChI is InChI=1S/C15H25N5O6/c16-6-2-1-3-9(15(25)26)19-14(24)10(7-11(17)21)20-13(23)8-4-5-12(22)18-8/h8-10H,1-7,16H2,(H2,17,21)(H,18,22)(H,19,24)(H,20,23)(H,25,26). The van der Waals surface area contributed by atoms with E-state index < -0.39 is 48.2 Å². The number of nitrogens with two attached hydrogens (primary N) is 2. The van der Waals surface area contributed by atoms with Crippen molar-refractivity contribution in [2.24, 2.45) is 11.5 Å². The number of aliphatic carboxylic acids is 1. The highest BCUT2D eigenvalue weighted by molar-refractivity contribution is 5.96. The Bertz CT molecular complexity index is 567. The molecule has 0 aromatic rings. The lowest BCUT2D eigenvalue weighted by Crippen LogP contribution is -2.55. The molecule has 1 saturated heterocycles. The first-order chi connectivity index (χ1) is 12.2. The van der Waals surface area contributed by atoms with Crippen molar-refractivity contribution in [3.63, 3.8) is 0 Å². The minimum absolute atomic E-state index is 0.161. The van der Waals surface area contributed by atoms with E-state index in [4.69, 9.17) is 11.5 Å². The number of rotatable bonds is 11. The topological polar surface area (TPSA) is 194 Å². The van der Waals surface area contributed by atoms with Crippen LogP contribution in [0.3, 0.4) is 0 Å². The number of amides is 4. The lowest BCUT2D eigenvalue weighted by atomic mass is 10.1. The first-order valence-corrected chi connectivity index (χ1v) is 8.36. The Morgan fingerprint density at radius 2 is 1.88 bits per heavy atom. The van der Waals surface area contributed by atoms with Crippen LogP contribution in [0, 0.1) is 0 Å². The van der Waals surface area contributed by atoms with E-state index in [0.29, 0.717) is 19.4 Å². The van der Waals surface area contributed by atoms with Crippen molar-refractivity contribution in [1.82, 2.24) is 16.0 Å². The third-order valence-electron chi connectivity index (χ3n) is 3.91.